The van der Waals surface area contributed by atoms with Crippen LogP contribution in [0.4, 0.5) is 0 Å². The summed E-state index contributed by atoms with van der Waals surface area (Å²) in [5, 5.41) is 6.77. The monoisotopic (exact) mass is 161 g/mol. The maximum Gasteiger partial charge on any atom is 0.172 e. The van der Waals surface area contributed by atoms with Crippen LogP contribution in [0.1, 0.15) is 5.69 Å². The zero-order valence-corrected chi connectivity index (χ0v) is 6.78. The van der Waals surface area contributed by atoms with Gasteiger partial charge in [0.15, 0.2) is 6.34 Å². The molecule has 0 spiro atoms. The van der Waals surface area contributed by atoms with Crippen molar-refractivity contribution >= 4 is 12.0 Å². The molecule has 1 aliphatic rings. The summed E-state index contributed by atoms with van der Waals surface area (Å²) in [6.45, 7) is 0.839. The van der Waals surface area contributed by atoms with Crippen LogP contribution in [0.3, 0.4) is 0 Å². The number of hydrogen-bond donors (Lipinski definition) is 1. The number of aromatic amines is 1. The Labute approximate surface area is 70.6 Å². The highest BCUT2D eigenvalue weighted by atomic mass is 15.2. The Bertz CT molecular complexity index is 310. The van der Waals surface area contributed by atoms with E-state index in [-0.39, 0.29) is 0 Å². The van der Waals surface area contributed by atoms with E-state index >= 15 is 0 Å². The van der Waals surface area contributed by atoms with E-state index in [1.54, 1.807) is 6.20 Å². The van der Waals surface area contributed by atoms with Gasteiger partial charge in [-0.15, -0.1) is 0 Å². The van der Waals surface area contributed by atoms with Gasteiger partial charge in [-0.2, -0.15) is 5.10 Å². The Kier molecular flexibility index (Phi) is 1.66. The fourth-order valence-corrected chi connectivity index (χ4v) is 1.01. The average molecular weight is 161 g/mol. The first-order valence-electron chi connectivity index (χ1n) is 3.74. The second-order valence-electron chi connectivity index (χ2n) is 2.64. The Hall–Kier alpha value is -1.58. The van der Waals surface area contributed by atoms with Gasteiger partial charge in [-0.3, -0.25) is 5.10 Å². The molecule has 4 nitrogen and oxygen atoms in total. The molecule has 61 valence electrons. The molecule has 0 fully saturated rings. The largest absolute Gasteiger partial charge is 0.353 e. The predicted octanol–water partition coefficient (Wildman–Crippen LogP) is 0.601. The van der Waals surface area contributed by atoms with E-state index in [1.165, 1.54) is 0 Å². The van der Waals surface area contributed by atoms with E-state index in [4.69, 9.17) is 0 Å². The highest BCUT2D eigenvalue weighted by Crippen LogP contribution is 2.13. The van der Waals surface area contributed by atoms with Crippen LogP contribution in [-0.4, -0.2) is 35.0 Å². The quantitative estimate of drug-likeness (QED) is 0.655. The number of likely N-dealkylation sites (N-methyl/N-ethyl adjacent to an activating group) is 1. The number of rotatable bonds is 1. The molecule has 4 heteroatoms. The lowest BCUT2D eigenvalue weighted by Gasteiger charge is -2.13. The predicted molar refractivity (Wildman–Crippen MR) is 46.6 cm³/mol. The number of nitrogens with one attached hydrogen (secondary N) is 1. The first-order valence-corrected chi connectivity index (χ1v) is 3.74. The van der Waals surface area contributed by atoms with Gasteiger partial charge in [0.2, 0.25) is 0 Å². The fourth-order valence-electron chi connectivity index (χ4n) is 1.01. The van der Waals surface area contributed by atoms with Crippen LogP contribution in [0.15, 0.2) is 23.3 Å². The molecular weight excluding hydrogens is 152 g/mol. The van der Waals surface area contributed by atoms with Crippen molar-refractivity contribution < 1.29 is 0 Å². The van der Waals surface area contributed by atoms with Crippen molar-refractivity contribution in [3.63, 3.8) is 0 Å². The lowest BCUT2D eigenvalue weighted by molar-refractivity contribution is 0.576. The van der Waals surface area contributed by atoms with Crippen LogP contribution < -0.4 is 0 Å². The Balaban J connectivity index is 2.23. The van der Waals surface area contributed by atoms with Gasteiger partial charge in [0.05, 0.1) is 5.70 Å². The van der Waals surface area contributed by atoms with Crippen LogP contribution in [0.25, 0.3) is 5.70 Å². The molecule has 1 radical (unpaired) electrons. The molecule has 0 aromatic carbocycles. The number of H-pyrrole nitrogens is 1. The number of hydrogen-bond acceptors (Lipinski definition) is 3. The minimum Gasteiger partial charge on any atom is -0.353 e. The van der Waals surface area contributed by atoms with Crippen molar-refractivity contribution in [3.05, 3.63) is 24.0 Å². The molecule has 1 aromatic heterocycles. The van der Waals surface area contributed by atoms with Gasteiger partial charge in [-0.1, -0.05) is 0 Å². The highest BCUT2D eigenvalue weighted by Gasteiger charge is 2.06. The van der Waals surface area contributed by atoms with Crippen molar-refractivity contribution in [1.82, 2.24) is 15.1 Å². The van der Waals surface area contributed by atoms with Crippen LogP contribution in [0.5, 0.6) is 0 Å². The van der Waals surface area contributed by atoms with Crippen LogP contribution in [-0.2, 0) is 0 Å². The molecule has 0 amide bonds. The summed E-state index contributed by atoms with van der Waals surface area (Å²) in [6.07, 6.45) is 6.66. The summed E-state index contributed by atoms with van der Waals surface area (Å²) >= 11 is 0. The van der Waals surface area contributed by atoms with Gasteiger partial charge in [0, 0.05) is 19.8 Å². The van der Waals surface area contributed by atoms with Crippen molar-refractivity contribution in [2.24, 2.45) is 4.99 Å². The summed E-state index contributed by atoms with van der Waals surface area (Å²) in [4.78, 5) is 5.99. The second kappa shape index (κ2) is 2.81. The molecule has 1 aromatic rings. The summed E-state index contributed by atoms with van der Waals surface area (Å²) in [5.74, 6) is 0. The Morgan fingerprint density at radius 1 is 1.67 bits per heavy atom. The summed E-state index contributed by atoms with van der Waals surface area (Å²) in [7, 11) is 1.93. The molecule has 0 bridgehead atoms. The maximum atomic E-state index is 4.11. The fraction of sp³-hybridized carbons (Fsp3) is 0.250. The number of nitrogens with zero attached hydrogens (tertiary/aromatic N) is 3. The Morgan fingerprint density at radius 3 is 3.17 bits per heavy atom. The number of aromatic nitrogens is 2. The van der Waals surface area contributed by atoms with Crippen LogP contribution in [0, 0.1) is 0 Å². The molecular formula is C8H9N4. The van der Waals surface area contributed by atoms with E-state index in [2.05, 4.69) is 21.5 Å². The molecule has 1 N–H and O–H groups in total. The number of aliphatic imine (C=N–C) groups is 1. The third-order valence-corrected chi connectivity index (χ3v) is 1.66. The normalized spacial score (nSPS) is 16.4. The summed E-state index contributed by atoms with van der Waals surface area (Å²) in [5.41, 5.74) is 1.75. The van der Waals surface area contributed by atoms with Crippen molar-refractivity contribution in [2.75, 3.05) is 13.6 Å². The summed E-state index contributed by atoms with van der Waals surface area (Å²) < 4.78 is 0. The standard InChI is InChI=1S/C8H9N4/c1-12-5-3-7(9-6-12)8-2-4-10-11-8/h2-4H,5H2,1H3,(H,10,11). The minimum atomic E-state index is 0.839. The first-order chi connectivity index (χ1) is 5.86. The van der Waals surface area contributed by atoms with Crippen LogP contribution >= 0.6 is 0 Å². The third-order valence-electron chi connectivity index (χ3n) is 1.66. The SMILES string of the molecule is CN1[C]=NC(c2cc[nH]n2)=CC1. The zero-order chi connectivity index (χ0) is 8.39. The molecule has 2 rings (SSSR count). The molecule has 0 saturated carbocycles. The van der Waals surface area contributed by atoms with Gasteiger partial charge in [-0.05, 0) is 12.1 Å². The van der Waals surface area contributed by atoms with Crippen LogP contribution in [0.2, 0.25) is 0 Å². The van der Waals surface area contributed by atoms with Gasteiger partial charge < -0.3 is 4.90 Å². The molecule has 0 atom stereocenters. The minimum absolute atomic E-state index is 0.839. The lowest BCUT2D eigenvalue weighted by atomic mass is 10.3. The molecule has 12 heavy (non-hydrogen) atoms. The van der Waals surface area contributed by atoms with E-state index in [9.17, 15) is 0 Å². The first kappa shape index (κ1) is 7.09. The molecule has 1 aliphatic heterocycles. The molecule has 0 unspecified atom stereocenters. The second-order valence-corrected chi connectivity index (χ2v) is 2.64. The van der Waals surface area contributed by atoms with E-state index in [0.717, 1.165) is 17.9 Å². The summed E-state index contributed by atoms with van der Waals surface area (Å²) in [6, 6.07) is 1.89. The molecule has 2 heterocycles. The average Bonchev–Trinajstić information content (AvgIpc) is 2.58. The highest BCUT2D eigenvalue weighted by molar-refractivity contribution is 5.73. The Morgan fingerprint density at radius 2 is 2.58 bits per heavy atom. The third kappa shape index (κ3) is 1.23. The van der Waals surface area contributed by atoms with Gasteiger partial charge in [0.1, 0.15) is 5.69 Å². The van der Waals surface area contributed by atoms with E-state index < -0.39 is 0 Å². The van der Waals surface area contributed by atoms with Gasteiger partial charge in [-0.25, -0.2) is 4.99 Å². The van der Waals surface area contributed by atoms with Crippen molar-refractivity contribution in [2.45, 2.75) is 0 Å². The lowest BCUT2D eigenvalue weighted by Crippen LogP contribution is -2.18. The molecule has 0 saturated heterocycles. The maximum absolute atomic E-state index is 4.11. The van der Waals surface area contributed by atoms with Crippen molar-refractivity contribution in [3.8, 4) is 0 Å². The zero-order valence-electron chi connectivity index (χ0n) is 6.78. The van der Waals surface area contributed by atoms with Gasteiger partial charge in [0.25, 0.3) is 0 Å². The van der Waals surface area contributed by atoms with Gasteiger partial charge >= 0.3 is 0 Å². The smallest absolute Gasteiger partial charge is 0.172 e. The topological polar surface area (TPSA) is 44.3 Å². The van der Waals surface area contributed by atoms with E-state index in [1.807, 2.05) is 24.1 Å². The molecule has 0 aliphatic carbocycles. The van der Waals surface area contributed by atoms with Crippen molar-refractivity contribution in [1.29, 1.82) is 0 Å². The van der Waals surface area contributed by atoms with E-state index in [0.29, 0.717) is 0 Å².